The van der Waals surface area contributed by atoms with Crippen molar-refractivity contribution >= 4 is 28.4 Å². The molecular formula is C10H9F2IO2. The van der Waals surface area contributed by atoms with Crippen LogP contribution < -0.4 is 4.74 Å². The molecule has 0 atom stereocenters. The molecule has 0 radical (unpaired) electrons. The number of ether oxygens (including phenoxy) is 1. The smallest absolute Gasteiger partial charge is 0.318 e. The second kappa shape index (κ2) is 4.87. The number of hydrogen-bond donors (Lipinski definition) is 0. The molecule has 2 nitrogen and oxygen atoms in total. The Labute approximate surface area is 99.8 Å². The van der Waals surface area contributed by atoms with Crippen LogP contribution in [0.4, 0.5) is 8.78 Å². The van der Waals surface area contributed by atoms with Crippen molar-refractivity contribution in [2.75, 3.05) is 11.5 Å². The number of rotatable bonds is 4. The minimum Gasteiger partial charge on any atom is -0.497 e. The molecule has 0 aromatic heterocycles. The van der Waals surface area contributed by atoms with E-state index < -0.39 is 16.1 Å². The third-order valence-electron chi connectivity index (χ3n) is 1.85. The zero-order valence-corrected chi connectivity index (χ0v) is 10.1. The van der Waals surface area contributed by atoms with Gasteiger partial charge < -0.3 is 4.74 Å². The van der Waals surface area contributed by atoms with Crippen LogP contribution in [0.5, 0.6) is 5.75 Å². The number of methoxy groups -OCH3 is 1. The van der Waals surface area contributed by atoms with Crippen LogP contribution in [0.25, 0.3) is 0 Å². The molecule has 1 aromatic rings. The van der Waals surface area contributed by atoms with E-state index in [1.165, 1.54) is 54.0 Å². The standard InChI is InChI=1S/C10H9F2IO2/c1-15-8-4-2-7(3-5-8)9(14)10(11,12)6-13/h2-5H,6H2,1H3. The summed E-state index contributed by atoms with van der Waals surface area (Å²) < 4.78 is 30.4. The van der Waals surface area contributed by atoms with Crippen molar-refractivity contribution in [2.24, 2.45) is 0 Å². The Morgan fingerprint density at radius 2 is 1.93 bits per heavy atom. The second-order valence-corrected chi connectivity index (χ2v) is 3.66. The average molecular weight is 326 g/mol. The van der Waals surface area contributed by atoms with Gasteiger partial charge in [0.15, 0.2) is 0 Å². The summed E-state index contributed by atoms with van der Waals surface area (Å²) in [7, 11) is 1.47. The van der Waals surface area contributed by atoms with Crippen LogP contribution in [-0.2, 0) is 0 Å². The number of carbonyl (C=O) groups is 1. The number of ketones is 1. The Balaban J connectivity index is 2.92. The van der Waals surface area contributed by atoms with Crippen molar-refractivity contribution in [3.8, 4) is 5.75 Å². The molecule has 0 amide bonds. The fraction of sp³-hybridized carbons (Fsp3) is 0.300. The van der Waals surface area contributed by atoms with Gasteiger partial charge in [0.25, 0.3) is 0 Å². The van der Waals surface area contributed by atoms with Gasteiger partial charge in [-0.15, -0.1) is 0 Å². The highest BCUT2D eigenvalue weighted by molar-refractivity contribution is 14.1. The van der Waals surface area contributed by atoms with Gasteiger partial charge in [0.05, 0.1) is 11.5 Å². The SMILES string of the molecule is COc1ccc(C(=O)C(F)(F)CI)cc1. The molecule has 82 valence electrons. The lowest BCUT2D eigenvalue weighted by Gasteiger charge is -2.11. The zero-order chi connectivity index (χ0) is 11.5. The first kappa shape index (κ1) is 12.4. The number of benzene rings is 1. The van der Waals surface area contributed by atoms with Crippen molar-refractivity contribution in [1.82, 2.24) is 0 Å². The molecule has 0 spiro atoms. The summed E-state index contributed by atoms with van der Waals surface area (Å²) in [6.07, 6.45) is 0. The summed E-state index contributed by atoms with van der Waals surface area (Å²) >= 11 is 1.49. The van der Waals surface area contributed by atoms with Gasteiger partial charge in [-0.25, -0.2) is 0 Å². The van der Waals surface area contributed by atoms with Crippen molar-refractivity contribution in [3.05, 3.63) is 29.8 Å². The summed E-state index contributed by atoms with van der Waals surface area (Å²) in [5.74, 6) is -3.92. The molecule has 0 saturated carbocycles. The first-order valence-corrected chi connectivity index (χ1v) is 5.66. The van der Waals surface area contributed by atoms with E-state index in [0.29, 0.717) is 5.75 Å². The van der Waals surface area contributed by atoms with E-state index in [4.69, 9.17) is 4.74 Å². The molecule has 0 heterocycles. The number of Topliss-reactive ketones (excluding diaryl/α,β-unsaturated/α-hetero) is 1. The van der Waals surface area contributed by atoms with Crippen molar-refractivity contribution < 1.29 is 18.3 Å². The third-order valence-corrected chi connectivity index (χ3v) is 2.81. The molecule has 0 saturated heterocycles. The van der Waals surface area contributed by atoms with Gasteiger partial charge in [0, 0.05) is 5.56 Å². The molecule has 1 rings (SSSR count). The first-order valence-electron chi connectivity index (χ1n) is 4.14. The van der Waals surface area contributed by atoms with E-state index in [9.17, 15) is 13.6 Å². The monoisotopic (exact) mass is 326 g/mol. The van der Waals surface area contributed by atoms with Crippen molar-refractivity contribution in [2.45, 2.75) is 5.92 Å². The fourth-order valence-electron chi connectivity index (χ4n) is 1.01. The molecule has 15 heavy (non-hydrogen) atoms. The summed E-state index contributed by atoms with van der Waals surface area (Å²) in [6, 6.07) is 5.63. The van der Waals surface area contributed by atoms with Gasteiger partial charge in [0.2, 0.25) is 5.78 Å². The van der Waals surface area contributed by atoms with Crippen molar-refractivity contribution in [3.63, 3.8) is 0 Å². The number of alkyl halides is 3. The van der Waals surface area contributed by atoms with E-state index in [2.05, 4.69) is 0 Å². The van der Waals surface area contributed by atoms with Crippen LogP contribution in [0.1, 0.15) is 10.4 Å². The lowest BCUT2D eigenvalue weighted by Crippen LogP contribution is -2.30. The molecule has 0 bridgehead atoms. The van der Waals surface area contributed by atoms with Crippen LogP contribution in [0.3, 0.4) is 0 Å². The Hall–Kier alpha value is -0.720. The van der Waals surface area contributed by atoms with Gasteiger partial charge in [-0.1, -0.05) is 22.6 Å². The van der Waals surface area contributed by atoms with Crippen LogP contribution >= 0.6 is 22.6 Å². The second-order valence-electron chi connectivity index (χ2n) is 2.90. The predicted molar refractivity (Wildman–Crippen MR) is 61.2 cm³/mol. The number of carbonyl (C=O) groups excluding carboxylic acids is 1. The number of hydrogen-bond acceptors (Lipinski definition) is 2. The lowest BCUT2D eigenvalue weighted by molar-refractivity contribution is 0.0267. The van der Waals surface area contributed by atoms with E-state index in [1.807, 2.05) is 0 Å². The van der Waals surface area contributed by atoms with E-state index in [-0.39, 0.29) is 5.56 Å². The molecule has 1 aromatic carbocycles. The Morgan fingerprint density at radius 3 is 2.33 bits per heavy atom. The first-order chi connectivity index (χ1) is 7.01. The lowest BCUT2D eigenvalue weighted by atomic mass is 10.1. The summed E-state index contributed by atoms with van der Waals surface area (Å²) in [5.41, 5.74) is -0.00235. The highest BCUT2D eigenvalue weighted by Crippen LogP contribution is 2.23. The summed E-state index contributed by atoms with van der Waals surface area (Å²) in [6.45, 7) is 0. The van der Waals surface area contributed by atoms with Crippen LogP contribution in [0.15, 0.2) is 24.3 Å². The molecule has 5 heteroatoms. The largest absolute Gasteiger partial charge is 0.497 e. The predicted octanol–water partition coefficient (Wildman–Crippen LogP) is 2.95. The zero-order valence-electron chi connectivity index (χ0n) is 7.97. The quantitative estimate of drug-likeness (QED) is 0.483. The Bertz CT molecular complexity index is 349. The van der Waals surface area contributed by atoms with Gasteiger partial charge in [-0.05, 0) is 24.3 Å². The van der Waals surface area contributed by atoms with Crippen LogP contribution in [-0.4, -0.2) is 23.2 Å². The molecule has 0 aliphatic heterocycles. The summed E-state index contributed by atoms with van der Waals surface area (Å²) in [5, 5.41) is 0. The minimum absolute atomic E-state index is 0.00235. The molecule has 0 fully saturated rings. The normalized spacial score (nSPS) is 11.2. The van der Waals surface area contributed by atoms with Crippen LogP contribution in [0, 0.1) is 0 Å². The maximum absolute atomic E-state index is 13.0. The van der Waals surface area contributed by atoms with E-state index >= 15 is 0 Å². The molecule has 0 aliphatic rings. The fourth-order valence-corrected chi connectivity index (χ4v) is 1.36. The highest BCUT2D eigenvalue weighted by atomic mass is 127. The maximum Gasteiger partial charge on any atom is 0.318 e. The number of halogens is 3. The maximum atomic E-state index is 13.0. The third kappa shape index (κ3) is 2.87. The topological polar surface area (TPSA) is 26.3 Å². The average Bonchev–Trinajstić information content (AvgIpc) is 2.28. The molecule has 0 N–H and O–H groups in total. The van der Waals surface area contributed by atoms with Gasteiger partial charge in [-0.2, -0.15) is 8.78 Å². The van der Waals surface area contributed by atoms with Crippen LogP contribution in [0.2, 0.25) is 0 Å². The van der Waals surface area contributed by atoms with Crippen molar-refractivity contribution in [1.29, 1.82) is 0 Å². The minimum atomic E-state index is -3.30. The molecular weight excluding hydrogens is 317 g/mol. The van der Waals surface area contributed by atoms with E-state index in [1.54, 1.807) is 0 Å². The van der Waals surface area contributed by atoms with Gasteiger partial charge in [-0.3, -0.25) is 4.79 Å². The molecule has 0 aliphatic carbocycles. The Morgan fingerprint density at radius 1 is 1.40 bits per heavy atom. The van der Waals surface area contributed by atoms with Gasteiger partial charge in [0.1, 0.15) is 5.75 Å². The Kier molecular flexibility index (Phi) is 4.01. The molecule has 0 unspecified atom stereocenters. The van der Waals surface area contributed by atoms with Gasteiger partial charge >= 0.3 is 5.92 Å². The van der Waals surface area contributed by atoms with E-state index in [0.717, 1.165) is 0 Å². The highest BCUT2D eigenvalue weighted by Gasteiger charge is 2.37. The summed E-state index contributed by atoms with van der Waals surface area (Å²) in [4.78, 5) is 11.3.